The van der Waals surface area contributed by atoms with Crippen LogP contribution in [0.3, 0.4) is 0 Å². The number of amides is 1. The Bertz CT molecular complexity index is 506. The van der Waals surface area contributed by atoms with Gasteiger partial charge in [-0.25, -0.2) is 0 Å². The first-order valence-corrected chi connectivity index (χ1v) is 7.32. The van der Waals surface area contributed by atoms with Crippen molar-refractivity contribution >= 4 is 40.7 Å². The van der Waals surface area contributed by atoms with E-state index in [4.69, 9.17) is 9.83 Å². The van der Waals surface area contributed by atoms with E-state index in [1.54, 1.807) is 36.2 Å². The number of nitrogens with one attached hydrogen (secondary N) is 2. The molecule has 2 saturated heterocycles. The molecular weight excluding hydrogens is 270 g/mol. The maximum Gasteiger partial charge on any atom is 0.268 e. The zero-order valence-electron chi connectivity index (χ0n) is 9.38. The molecule has 0 saturated carbocycles. The molecule has 1 atom stereocenters. The highest BCUT2D eigenvalue weighted by Crippen LogP contribution is 2.35. The van der Waals surface area contributed by atoms with Crippen LogP contribution in [0.15, 0.2) is 27.7 Å². The lowest BCUT2D eigenvalue weighted by Gasteiger charge is -2.21. The number of amidine groups is 1. The molecule has 2 fully saturated rings. The average Bonchev–Trinajstić information content (AvgIpc) is 3.03. The number of carbonyl (C=O) groups excluding carboxylic acids is 1. The maximum atomic E-state index is 12.2. The van der Waals surface area contributed by atoms with E-state index in [2.05, 4.69) is 5.32 Å². The van der Waals surface area contributed by atoms with E-state index in [9.17, 15) is 4.79 Å². The molecular formula is C11H11N3O2S2. The summed E-state index contributed by atoms with van der Waals surface area (Å²) in [7, 11) is 0. The third kappa shape index (κ3) is 2.09. The van der Waals surface area contributed by atoms with Crippen molar-refractivity contribution in [1.29, 1.82) is 5.41 Å². The summed E-state index contributed by atoms with van der Waals surface area (Å²) >= 11 is 2.82. The molecule has 0 aliphatic carbocycles. The average molecular weight is 281 g/mol. The second-order valence-corrected chi connectivity index (χ2v) is 6.00. The quantitative estimate of drug-likeness (QED) is 0.808. The van der Waals surface area contributed by atoms with Crippen molar-refractivity contribution in [2.75, 3.05) is 12.3 Å². The molecule has 94 valence electrons. The summed E-state index contributed by atoms with van der Waals surface area (Å²) in [6.45, 7) is 0.869. The topological polar surface area (TPSA) is 69.3 Å². The van der Waals surface area contributed by atoms with Gasteiger partial charge in [0.1, 0.15) is 11.3 Å². The Morgan fingerprint density at radius 1 is 1.61 bits per heavy atom. The zero-order chi connectivity index (χ0) is 12.5. The highest BCUT2D eigenvalue weighted by atomic mass is 32.2. The van der Waals surface area contributed by atoms with Crippen LogP contribution in [0, 0.1) is 5.41 Å². The van der Waals surface area contributed by atoms with Crippen molar-refractivity contribution in [3.63, 3.8) is 0 Å². The second-order valence-electron chi connectivity index (χ2n) is 3.78. The van der Waals surface area contributed by atoms with Crippen molar-refractivity contribution in [1.82, 2.24) is 10.2 Å². The van der Waals surface area contributed by atoms with Gasteiger partial charge in [0.25, 0.3) is 5.91 Å². The monoisotopic (exact) mass is 281 g/mol. The first-order chi connectivity index (χ1) is 8.75. The van der Waals surface area contributed by atoms with Crippen LogP contribution in [0.2, 0.25) is 0 Å². The molecule has 0 aromatic carbocycles. The molecule has 0 bridgehead atoms. The van der Waals surface area contributed by atoms with E-state index < -0.39 is 0 Å². The maximum absolute atomic E-state index is 12.2. The van der Waals surface area contributed by atoms with Crippen molar-refractivity contribution in [2.24, 2.45) is 0 Å². The summed E-state index contributed by atoms with van der Waals surface area (Å²) in [6, 6.07) is 3.56. The highest BCUT2D eigenvalue weighted by molar-refractivity contribution is 8.18. The van der Waals surface area contributed by atoms with E-state index in [1.165, 1.54) is 16.7 Å². The predicted molar refractivity (Wildman–Crippen MR) is 73.1 cm³/mol. The van der Waals surface area contributed by atoms with Gasteiger partial charge in [0, 0.05) is 18.4 Å². The summed E-state index contributed by atoms with van der Waals surface area (Å²) in [5.74, 6) is 1.46. The number of thioether (sulfide) groups is 2. The van der Waals surface area contributed by atoms with Gasteiger partial charge in [-0.1, -0.05) is 0 Å². The molecule has 1 amide bonds. The molecule has 2 N–H and O–H groups in total. The van der Waals surface area contributed by atoms with Gasteiger partial charge in [-0.2, -0.15) is 0 Å². The van der Waals surface area contributed by atoms with E-state index in [0.717, 1.165) is 12.3 Å². The molecule has 3 heterocycles. The number of carbonyl (C=O) groups is 1. The Balaban J connectivity index is 1.84. The smallest absolute Gasteiger partial charge is 0.268 e. The Morgan fingerprint density at radius 2 is 2.50 bits per heavy atom. The fraction of sp³-hybridized carbons (Fsp3) is 0.273. The van der Waals surface area contributed by atoms with Crippen LogP contribution in [0.1, 0.15) is 5.76 Å². The van der Waals surface area contributed by atoms with Crippen LogP contribution in [0.25, 0.3) is 6.08 Å². The van der Waals surface area contributed by atoms with Gasteiger partial charge in [-0.3, -0.25) is 20.4 Å². The Kier molecular flexibility index (Phi) is 3.19. The van der Waals surface area contributed by atoms with Crippen LogP contribution >= 0.6 is 23.5 Å². The SMILES string of the molecule is N=C1S/C(=C/c2ccco2)C(=O)N1C1NCCS1. The lowest BCUT2D eigenvalue weighted by atomic mass is 10.3. The van der Waals surface area contributed by atoms with Gasteiger partial charge in [0.2, 0.25) is 0 Å². The summed E-state index contributed by atoms with van der Waals surface area (Å²) in [6.07, 6.45) is 3.25. The Morgan fingerprint density at radius 3 is 3.17 bits per heavy atom. The lowest BCUT2D eigenvalue weighted by molar-refractivity contribution is -0.122. The van der Waals surface area contributed by atoms with E-state index in [0.29, 0.717) is 10.7 Å². The predicted octanol–water partition coefficient (Wildman–Crippen LogP) is 1.75. The summed E-state index contributed by atoms with van der Waals surface area (Å²) in [4.78, 5) is 14.3. The molecule has 5 nitrogen and oxygen atoms in total. The van der Waals surface area contributed by atoms with Crippen molar-refractivity contribution in [3.8, 4) is 0 Å². The van der Waals surface area contributed by atoms with E-state index in [-0.39, 0.29) is 16.6 Å². The first kappa shape index (κ1) is 11.9. The number of nitrogens with zero attached hydrogens (tertiary/aromatic N) is 1. The number of hydrogen-bond donors (Lipinski definition) is 2. The number of furan rings is 1. The third-order valence-corrected chi connectivity index (χ3v) is 4.64. The van der Waals surface area contributed by atoms with Crippen molar-refractivity contribution < 1.29 is 9.21 Å². The Labute approximate surface area is 112 Å². The molecule has 2 aliphatic heterocycles. The fourth-order valence-electron chi connectivity index (χ4n) is 1.79. The summed E-state index contributed by atoms with van der Waals surface area (Å²) in [5.41, 5.74) is -0.111. The molecule has 7 heteroatoms. The lowest BCUT2D eigenvalue weighted by Crippen LogP contribution is -2.43. The van der Waals surface area contributed by atoms with Gasteiger partial charge in [-0.05, 0) is 23.9 Å². The molecule has 3 rings (SSSR count). The minimum absolute atomic E-state index is 0.111. The third-order valence-electron chi connectivity index (χ3n) is 2.60. The van der Waals surface area contributed by atoms with Crippen LogP contribution in [0.5, 0.6) is 0 Å². The standard InChI is InChI=1S/C11H11N3O2S2/c12-10-14(11-13-3-5-17-11)9(15)8(18-10)6-7-2-1-4-16-7/h1-2,4,6,11-13H,3,5H2/b8-6+,12-10?. The van der Waals surface area contributed by atoms with Crippen molar-refractivity contribution in [3.05, 3.63) is 29.1 Å². The van der Waals surface area contributed by atoms with Gasteiger partial charge < -0.3 is 4.42 Å². The van der Waals surface area contributed by atoms with Crippen LogP contribution in [0.4, 0.5) is 0 Å². The summed E-state index contributed by atoms with van der Waals surface area (Å²) < 4.78 is 5.19. The Hall–Kier alpha value is -1.18. The minimum Gasteiger partial charge on any atom is -0.465 e. The fourth-order valence-corrected chi connectivity index (χ4v) is 3.76. The molecule has 0 spiro atoms. The summed E-state index contributed by atoms with van der Waals surface area (Å²) in [5, 5.41) is 11.4. The molecule has 18 heavy (non-hydrogen) atoms. The van der Waals surface area contributed by atoms with E-state index >= 15 is 0 Å². The molecule has 1 unspecified atom stereocenters. The van der Waals surface area contributed by atoms with Gasteiger partial charge in [0.05, 0.1) is 11.2 Å². The zero-order valence-corrected chi connectivity index (χ0v) is 11.0. The van der Waals surface area contributed by atoms with Gasteiger partial charge in [-0.15, -0.1) is 11.8 Å². The van der Waals surface area contributed by atoms with Crippen LogP contribution in [-0.2, 0) is 4.79 Å². The second kappa shape index (κ2) is 4.83. The number of hydrogen-bond acceptors (Lipinski definition) is 6. The molecule has 2 aliphatic rings. The van der Waals surface area contributed by atoms with Gasteiger partial charge >= 0.3 is 0 Å². The largest absolute Gasteiger partial charge is 0.465 e. The minimum atomic E-state index is -0.131. The molecule has 0 radical (unpaired) electrons. The molecule has 1 aromatic rings. The number of rotatable bonds is 2. The highest BCUT2D eigenvalue weighted by Gasteiger charge is 2.38. The van der Waals surface area contributed by atoms with Crippen LogP contribution < -0.4 is 5.32 Å². The van der Waals surface area contributed by atoms with Crippen molar-refractivity contribution in [2.45, 2.75) is 5.50 Å². The molecule has 1 aromatic heterocycles. The van der Waals surface area contributed by atoms with Gasteiger partial charge in [0.15, 0.2) is 5.17 Å². The van der Waals surface area contributed by atoms with E-state index in [1.807, 2.05) is 0 Å². The first-order valence-electron chi connectivity index (χ1n) is 5.46. The van der Waals surface area contributed by atoms with Crippen LogP contribution in [-0.4, -0.2) is 33.8 Å². The normalized spacial score (nSPS) is 26.6.